The van der Waals surface area contributed by atoms with E-state index >= 15 is 0 Å². The second kappa shape index (κ2) is 10.3. The number of amides is 2. The second-order valence-electron chi connectivity index (χ2n) is 6.46. The fraction of sp³-hybridized carbons (Fsp3) is 0.0435. The van der Waals surface area contributed by atoms with Crippen molar-refractivity contribution >= 4 is 45.6 Å². The van der Waals surface area contributed by atoms with Gasteiger partial charge in [-0.2, -0.15) is 5.10 Å². The van der Waals surface area contributed by atoms with E-state index in [1.54, 1.807) is 66.7 Å². The maximum atomic E-state index is 12.2. The molecular formula is C23H18BrN3O4. The Morgan fingerprint density at radius 2 is 1.68 bits per heavy atom. The number of hydrogen-bond donors (Lipinski definition) is 2. The third-order valence-corrected chi connectivity index (χ3v) is 4.74. The molecule has 0 aliphatic heterocycles. The summed E-state index contributed by atoms with van der Waals surface area (Å²) in [5.74, 6) is -1.84. The number of rotatable bonds is 5. The van der Waals surface area contributed by atoms with Gasteiger partial charge < -0.3 is 10.1 Å². The van der Waals surface area contributed by atoms with E-state index in [1.807, 2.05) is 13.0 Å². The molecule has 0 saturated heterocycles. The zero-order valence-electron chi connectivity index (χ0n) is 16.5. The van der Waals surface area contributed by atoms with Gasteiger partial charge in [-0.1, -0.05) is 24.3 Å². The van der Waals surface area contributed by atoms with Crippen molar-refractivity contribution in [2.24, 2.45) is 5.10 Å². The molecule has 0 radical (unpaired) electrons. The number of nitrogens with zero attached hydrogens (tertiary/aromatic N) is 1. The standard InChI is InChI=1S/C23H18BrN3O4/c1-15-5-4-6-17(13-15)26-21(28)22(29)27-25-14-16-9-11-18(12-10-16)31-23(30)19-7-2-3-8-20(19)24/h2-14H,1H3,(H,26,28)(H,27,29)/b25-14+. The van der Waals surface area contributed by atoms with E-state index in [1.165, 1.54) is 6.21 Å². The molecule has 0 unspecified atom stereocenters. The first-order chi connectivity index (χ1) is 14.9. The lowest BCUT2D eigenvalue weighted by Crippen LogP contribution is -2.32. The summed E-state index contributed by atoms with van der Waals surface area (Å²) < 4.78 is 5.98. The van der Waals surface area contributed by atoms with Gasteiger partial charge in [0.1, 0.15) is 5.75 Å². The summed E-state index contributed by atoms with van der Waals surface area (Å²) in [4.78, 5) is 36.0. The largest absolute Gasteiger partial charge is 0.423 e. The van der Waals surface area contributed by atoms with Gasteiger partial charge in [0.05, 0.1) is 11.8 Å². The number of ether oxygens (including phenoxy) is 1. The third kappa shape index (κ3) is 6.35. The predicted octanol–water partition coefficient (Wildman–Crippen LogP) is 4.07. The minimum Gasteiger partial charge on any atom is -0.423 e. The van der Waals surface area contributed by atoms with E-state index < -0.39 is 17.8 Å². The number of anilines is 1. The van der Waals surface area contributed by atoms with Crippen molar-refractivity contribution in [1.29, 1.82) is 0 Å². The van der Waals surface area contributed by atoms with E-state index in [-0.39, 0.29) is 0 Å². The number of nitrogens with one attached hydrogen (secondary N) is 2. The van der Waals surface area contributed by atoms with Crippen LogP contribution in [-0.4, -0.2) is 24.0 Å². The summed E-state index contributed by atoms with van der Waals surface area (Å²) in [6.45, 7) is 1.88. The summed E-state index contributed by atoms with van der Waals surface area (Å²) in [5.41, 5.74) is 4.71. The van der Waals surface area contributed by atoms with Gasteiger partial charge in [-0.05, 0) is 82.5 Å². The molecule has 156 valence electrons. The number of benzene rings is 3. The molecule has 0 aliphatic carbocycles. The summed E-state index contributed by atoms with van der Waals surface area (Å²) in [5, 5.41) is 6.27. The molecule has 8 heteroatoms. The molecule has 2 N–H and O–H groups in total. The first kappa shape index (κ1) is 21.9. The lowest BCUT2D eigenvalue weighted by atomic mass is 10.2. The SMILES string of the molecule is Cc1cccc(NC(=O)C(=O)N/N=C/c2ccc(OC(=O)c3ccccc3Br)cc2)c1. The number of esters is 1. The molecule has 3 aromatic rings. The minimum atomic E-state index is -0.892. The monoisotopic (exact) mass is 479 g/mol. The summed E-state index contributed by atoms with van der Waals surface area (Å²) in [6, 6.07) is 20.6. The minimum absolute atomic E-state index is 0.361. The molecule has 0 spiro atoms. The Morgan fingerprint density at radius 3 is 2.39 bits per heavy atom. The lowest BCUT2D eigenvalue weighted by Gasteiger charge is -2.06. The Kier molecular flexibility index (Phi) is 7.29. The van der Waals surface area contributed by atoms with Crippen molar-refractivity contribution in [2.45, 2.75) is 6.92 Å². The molecule has 3 rings (SSSR count). The lowest BCUT2D eigenvalue weighted by molar-refractivity contribution is -0.136. The van der Waals surface area contributed by atoms with Crippen molar-refractivity contribution in [1.82, 2.24) is 5.43 Å². The first-order valence-corrected chi connectivity index (χ1v) is 9.99. The van der Waals surface area contributed by atoms with E-state index in [0.717, 1.165) is 5.56 Å². The predicted molar refractivity (Wildman–Crippen MR) is 121 cm³/mol. The number of carbonyl (C=O) groups is 3. The van der Waals surface area contributed by atoms with E-state index in [9.17, 15) is 14.4 Å². The van der Waals surface area contributed by atoms with Gasteiger partial charge >= 0.3 is 17.8 Å². The highest BCUT2D eigenvalue weighted by Crippen LogP contribution is 2.19. The van der Waals surface area contributed by atoms with Crippen LogP contribution in [0.5, 0.6) is 5.75 Å². The van der Waals surface area contributed by atoms with Crippen molar-refractivity contribution in [3.8, 4) is 5.75 Å². The van der Waals surface area contributed by atoms with Crippen LogP contribution >= 0.6 is 15.9 Å². The Bertz CT molecular complexity index is 1140. The van der Waals surface area contributed by atoms with Gasteiger partial charge in [0.15, 0.2) is 0 Å². The maximum absolute atomic E-state index is 12.2. The van der Waals surface area contributed by atoms with Crippen molar-refractivity contribution in [3.05, 3.63) is 94.0 Å². The summed E-state index contributed by atoms with van der Waals surface area (Å²) in [6.07, 6.45) is 1.37. The molecule has 3 aromatic carbocycles. The second-order valence-corrected chi connectivity index (χ2v) is 7.32. The van der Waals surface area contributed by atoms with Gasteiger partial charge in [0.2, 0.25) is 0 Å². The fourth-order valence-corrected chi connectivity index (χ4v) is 2.98. The molecule has 2 amide bonds. The molecule has 0 atom stereocenters. The maximum Gasteiger partial charge on any atom is 0.344 e. The Labute approximate surface area is 187 Å². The molecule has 0 aromatic heterocycles. The molecule has 7 nitrogen and oxygen atoms in total. The van der Waals surface area contributed by atoms with Crippen LogP contribution in [0.4, 0.5) is 5.69 Å². The fourth-order valence-electron chi connectivity index (χ4n) is 2.54. The highest BCUT2D eigenvalue weighted by atomic mass is 79.9. The topological polar surface area (TPSA) is 96.9 Å². The molecule has 31 heavy (non-hydrogen) atoms. The normalized spacial score (nSPS) is 10.5. The number of aryl methyl sites for hydroxylation is 1. The summed E-state index contributed by atoms with van der Waals surface area (Å²) >= 11 is 3.31. The number of halogens is 1. The van der Waals surface area contributed by atoms with E-state index in [0.29, 0.717) is 27.0 Å². The molecular weight excluding hydrogens is 462 g/mol. The van der Waals surface area contributed by atoms with Gasteiger partial charge in [-0.3, -0.25) is 9.59 Å². The first-order valence-electron chi connectivity index (χ1n) is 9.20. The van der Waals surface area contributed by atoms with Gasteiger partial charge in [0, 0.05) is 10.2 Å². The molecule has 0 heterocycles. The van der Waals surface area contributed by atoms with Crippen molar-refractivity contribution < 1.29 is 19.1 Å². The van der Waals surface area contributed by atoms with Crippen LogP contribution < -0.4 is 15.5 Å². The van der Waals surface area contributed by atoms with Crippen LogP contribution in [0.15, 0.2) is 82.4 Å². The van der Waals surface area contributed by atoms with Crippen molar-refractivity contribution in [2.75, 3.05) is 5.32 Å². The number of hydrazone groups is 1. The molecule has 0 fully saturated rings. The highest BCUT2D eigenvalue weighted by molar-refractivity contribution is 9.10. The van der Waals surface area contributed by atoms with Gasteiger partial charge in [0.25, 0.3) is 0 Å². The average Bonchev–Trinajstić information content (AvgIpc) is 2.75. The summed E-state index contributed by atoms with van der Waals surface area (Å²) in [7, 11) is 0. The Balaban J connectivity index is 1.52. The van der Waals surface area contributed by atoms with Crippen LogP contribution in [0.1, 0.15) is 21.5 Å². The Morgan fingerprint density at radius 1 is 0.935 bits per heavy atom. The quantitative estimate of drug-likeness (QED) is 0.189. The highest BCUT2D eigenvalue weighted by Gasteiger charge is 2.13. The van der Waals surface area contributed by atoms with Crippen LogP contribution in [-0.2, 0) is 9.59 Å². The number of hydrogen-bond acceptors (Lipinski definition) is 5. The molecule has 0 saturated carbocycles. The number of carbonyl (C=O) groups excluding carboxylic acids is 3. The average molecular weight is 480 g/mol. The van der Waals surface area contributed by atoms with Crippen LogP contribution in [0.2, 0.25) is 0 Å². The van der Waals surface area contributed by atoms with Crippen molar-refractivity contribution in [3.63, 3.8) is 0 Å². The third-order valence-electron chi connectivity index (χ3n) is 4.05. The van der Waals surface area contributed by atoms with Crippen LogP contribution in [0.3, 0.4) is 0 Å². The van der Waals surface area contributed by atoms with Crippen LogP contribution in [0.25, 0.3) is 0 Å². The van der Waals surface area contributed by atoms with Crippen LogP contribution in [0, 0.1) is 6.92 Å². The van der Waals surface area contributed by atoms with E-state index in [2.05, 4.69) is 31.8 Å². The Hall–Kier alpha value is -3.78. The van der Waals surface area contributed by atoms with Gasteiger partial charge in [-0.25, -0.2) is 10.2 Å². The van der Waals surface area contributed by atoms with E-state index in [4.69, 9.17) is 4.74 Å². The zero-order chi connectivity index (χ0) is 22.2. The smallest absolute Gasteiger partial charge is 0.344 e. The molecule has 0 bridgehead atoms. The zero-order valence-corrected chi connectivity index (χ0v) is 18.0. The molecule has 0 aliphatic rings. The van der Waals surface area contributed by atoms with Gasteiger partial charge in [-0.15, -0.1) is 0 Å².